The maximum Gasteiger partial charge on any atom is 0.160 e. The van der Waals surface area contributed by atoms with Crippen LogP contribution in [0.2, 0.25) is 0 Å². The Kier molecular flexibility index (Phi) is 11.6. The zero-order valence-electron chi connectivity index (χ0n) is 43.4. The first-order valence-electron chi connectivity index (χ1n) is 27.1. The summed E-state index contributed by atoms with van der Waals surface area (Å²) in [5.74, 6) is 1.64. The van der Waals surface area contributed by atoms with Gasteiger partial charge in [0.05, 0.1) is 22.8 Å². The summed E-state index contributed by atoms with van der Waals surface area (Å²) in [5, 5.41) is 0. The molecule has 9 aromatic carbocycles. The number of pyridine rings is 2. The van der Waals surface area contributed by atoms with Crippen molar-refractivity contribution in [3.05, 3.63) is 313 Å². The molecule has 2 atom stereocenters. The van der Waals surface area contributed by atoms with Gasteiger partial charge in [0.25, 0.3) is 0 Å². The third-order valence-corrected chi connectivity index (χ3v) is 15.9. The summed E-state index contributed by atoms with van der Waals surface area (Å²) >= 11 is 0. The van der Waals surface area contributed by atoms with Gasteiger partial charge in [0, 0.05) is 70.0 Å². The van der Waals surface area contributed by atoms with Gasteiger partial charge < -0.3 is 0 Å². The lowest BCUT2D eigenvalue weighted by Crippen LogP contribution is -2.27. The third-order valence-electron chi connectivity index (χ3n) is 15.9. The van der Waals surface area contributed by atoms with Crippen molar-refractivity contribution in [2.24, 2.45) is 0 Å². The molecule has 0 radical (unpaired) electrons. The molecule has 13 aromatic rings. The summed E-state index contributed by atoms with van der Waals surface area (Å²) in [7, 11) is 0. The normalized spacial score (nSPS) is 13.8. The molecule has 0 N–H and O–H groups in total. The van der Waals surface area contributed by atoms with E-state index in [2.05, 4.69) is 204 Å². The van der Waals surface area contributed by atoms with Gasteiger partial charge in [-0.05, 0) is 139 Å². The average molecular weight is 1020 g/mol. The maximum absolute atomic E-state index is 5.16. The highest BCUT2D eigenvalue weighted by atomic mass is 14.9. The van der Waals surface area contributed by atoms with Crippen LogP contribution in [0, 0.1) is 0 Å². The van der Waals surface area contributed by atoms with Crippen LogP contribution >= 0.6 is 0 Å². The van der Waals surface area contributed by atoms with Crippen molar-refractivity contribution in [3.8, 4) is 112 Å². The predicted molar refractivity (Wildman–Crippen MR) is 322 cm³/mol. The first-order chi connectivity index (χ1) is 39.6. The summed E-state index contributed by atoms with van der Waals surface area (Å²) in [6.45, 7) is 0. The molecule has 6 heteroatoms. The molecule has 0 saturated carbocycles. The summed E-state index contributed by atoms with van der Waals surface area (Å²) < 4.78 is 0. The van der Waals surface area contributed by atoms with Crippen molar-refractivity contribution >= 4 is 0 Å². The van der Waals surface area contributed by atoms with E-state index in [0.717, 1.165) is 89.5 Å². The molecule has 6 nitrogen and oxygen atoms in total. The molecular formula is C74H48N6. The van der Waals surface area contributed by atoms with Gasteiger partial charge in [-0.1, -0.05) is 194 Å². The Balaban J connectivity index is 0.737. The molecule has 0 spiro atoms. The summed E-state index contributed by atoms with van der Waals surface area (Å²) in [6, 6.07) is 91.0. The summed E-state index contributed by atoms with van der Waals surface area (Å²) in [4.78, 5) is 29.0. The minimum absolute atomic E-state index is 0.126. The molecule has 0 aliphatic heterocycles. The molecule has 3 aliphatic carbocycles. The molecule has 16 rings (SSSR count). The quantitative estimate of drug-likeness (QED) is 0.136. The highest BCUT2D eigenvalue weighted by Gasteiger charge is 2.41. The third kappa shape index (κ3) is 8.56. The molecule has 0 fully saturated rings. The zero-order chi connectivity index (χ0) is 52.9. The average Bonchev–Trinajstić information content (AvgIpc) is 3.67. The number of rotatable bonds is 10. The Morgan fingerprint density at radius 1 is 0.188 bits per heavy atom. The van der Waals surface area contributed by atoms with Crippen molar-refractivity contribution in [1.29, 1.82) is 0 Å². The van der Waals surface area contributed by atoms with Gasteiger partial charge in [0.2, 0.25) is 0 Å². The number of hydrogen-bond acceptors (Lipinski definition) is 6. The Morgan fingerprint density at radius 2 is 0.487 bits per heavy atom. The van der Waals surface area contributed by atoms with Crippen LogP contribution in [-0.2, 0) is 0 Å². The predicted octanol–water partition coefficient (Wildman–Crippen LogP) is 17.7. The molecule has 80 heavy (non-hydrogen) atoms. The first kappa shape index (κ1) is 46.7. The van der Waals surface area contributed by atoms with E-state index in [1.54, 1.807) is 0 Å². The van der Waals surface area contributed by atoms with E-state index in [0.29, 0.717) is 11.6 Å². The van der Waals surface area contributed by atoms with Gasteiger partial charge in [-0.15, -0.1) is 0 Å². The van der Waals surface area contributed by atoms with Crippen LogP contribution in [0.25, 0.3) is 112 Å². The number of aromatic nitrogens is 6. The fourth-order valence-corrected chi connectivity index (χ4v) is 12.0. The van der Waals surface area contributed by atoms with Gasteiger partial charge in [0.1, 0.15) is 0 Å². The zero-order valence-corrected chi connectivity index (χ0v) is 43.4. The minimum atomic E-state index is 0.126. The Bertz CT molecular complexity index is 4160. The van der Waals surface area contributed by atoms with Crippen LogP contribution in [0.15, 0.2) is 280 Å². The molecule has 3 aliphatic rings. The molecule has 4 aromatic heterocycles. The van der Waals surface area contributed by atoms with E-state index in [4.69, 9.17) is 19.9 Å². The molecule has 374 valence electrons. The summed E-state index contributed by atoms with van der Waals surface area (Å²) in [5.41, 5.74) is 27.0. The highest BCUT2D eigenvalue weighted by molar-refractivity contribution is 5.81. The fraction of sp³-hybridized carbons (Fsp3) is 0.0270. The van der Waals surface area contributed by atoms with Crippen molar-refractivity contribution in [2.75, 3.05) is 0 Å². The molecule has 4 heterocycles. The lowest BCUT2D eigenvalue weighted by Gasteiger charge is -2.42. The van der Waals surface area contributed by atoms with Gasteiger partial charge in [-0.3, -0.25) is 9.97 Å². The van der Waals surface area contributed by atoms with Gasteiger partial charge >= 0.3 is 0 Å². The van der Waals surface area contributed by atoms with Crippen molar-refractivity contribution in [2.45, 2.75) is 11.8 Å². The number of benzene rings is 9. The lowest BCUT2D eigenvalue weighted by molar-refractivity contribution is 0.755. The van der Waals surface area contributed by atoms with E-state index >= 15 is 0 Å². The highest BCUT2D eigenvalue weighted by Crippen LogP contribution is 2.57. The second kappa shape index (κ2) is 19.8. The molecule has 0 amide bonds. The Hall–Kier alpha value is -10.6. The van der Waals surface area contributed by atoms with Crippen LogP contribution in [0.3, 0.4) is 0 Å². The van der Waals surface area contributed by atoms with Crippen molar-refractivity contribution in [3.63, 3.8) is 0 Å². The van der Waals surface area contributed by atoms with Crippen LogP contribution in [0.5, 0.6) is 0 Å². The van der Waals surface area contributed by atoms with E-state index in [9.17, 15) is 0 Å². The number of nitrogens with zero attached hydrogens (tertiary/aromatic N) is 6. The Labute approximate surface area is 464 Å². The Morgan fingerprint density at radius 3 is 0.900 bits per heavy atom. The fourth-order valence-electron chi connectivity index (χ4n) is 12.0. The van der Waals surface area contributed by atoms with Crippen LogP contribution in [0.4, 0.5) is 0 Å². The van der Waals surface area contributed by atoms with E-state index in [1.165, 1.54) is 44.5 Å². The van der Waals surface area contributed by atoms with Gasteiger partial charge in [0.15, 0.2) is 11.6 Å². The van der Waals surface area contributed by atoms with Crippen LogP contribution in [-0.4, -0.2) is 29.9 Å². The minimum Gasteiger partial charge on any atom is -0.265 e. The first-order valence-corrected chi connectivity index (χ1v) is 27.1. The summed E-state index contributed by atoms with van der Waals surface area (Å²) in [6.07, 6.45) is 7.32. The van der Waals surface area contributed by atoms with Crippen molar-refractivity contribution < 1.29 is 0 Å². The molecule has 2 bridgehead atoms. The standard InChI is InChI=1S/C74H48N6/c1-3-11-53(12-4-1)73-77-67(45-69(79-73)59-17-9-15-55(41-59)49-33-37-75-38-34-49)51-25-21-47(22-26-51)57-29-31-63-65(43-57)71-61-19-7-8-20-62(61)72(63)66-44-58(30-32-64(66)71)48-23-27-52(28-24-48)68-46-70(80-74(78-68)54-13-5-2-6-14-54)60-18-10-16-56(42-60)50-35-39-76-40-36-50/h1-46,71-72H. The van der Waals surface area contributed by atoms with Crippen molar-refractivity contribution in [1.82, 2.24) is 29.9 Å². The maximum atomic E-state index is 5.16. The SMILES string of the molecule is c1ccc(-c2nc(-c3ccc(-c4ccc5c(c4)C4c6ccccc6C5c5cc(-c6ccc(-c7cc(-c8cccc(-c9ccncc9)c8)nc(-c8ccccc8)n7)cc6)ccc54)cc3)cc(-c3cccc(-c4ccncc4)c3)n2)cc1. The topological polar surface area (TPSA) is 77.3 Å². The largest absolute Gasteiger partial charge is 0.265 e. The second-order valence-corrected chi connectivity index (χ2v) is 20.6. The monoisotopic (exact) mass is 1020 g/mol. The number of hydrogen-bond donors (Lipinski definition) is 0. The van der Waals surface area contributed by atoms with Gasteiger partial charge in [-0.2, -0.15) is 0 Å². The van der Waals surface area contributed by atoms with Gasteiger partial charge in [-0.25, -0.2) is 19.9 Å². The van der Waals surface area contributed by atoms with E-state index < -0.39 is 0 Å². The smallest absolute Gasteiger partial charge is 0.160 e. The molecule has 0 saturated heterocycles. The van der Waals surface area contributed by atoms with E-state index in [1.807, 2.05) is 85.5 Å². The second-order valence-electron chi connectivity index (χ2n) is 20.6. The molecular weight excluding hydrogens is 973 g/mol. The molecule has 2 unspecified atom stereocenters. The van der Waals surface area contributed by atoms with E-state index in [-0.39, 0.29) is 11.8 Å². The van der Waals surface area contributed by atoms with Crippen LogP contribution < -0.4 is 0 Å². The lowest BCUT2D eigenvalue weighted by atomic mass is 9.60. The van der Waals surface area contributed by atoms with Crippen LogP contribution in [0.1, 0.15) is 45.2 Å².